The van der Waals surface area contributed by atoms with Gasteiger partial charge in [-0.15, -0.1) is 0 Å². The number of nitrogens with one attached hydrogen (secondary N) is 1. The lowest BCUT2D eigenvalue weighted by Gasteiger charge is -2.13. The van der Waals surface area contributed by atoms with Crippen molar-refractivity contribution in [1.82, 2.24) is 9.78 Å². The normalized spacial score (nSPS) is 10.6. The lowest BCUT2D eigenvalue weighted by atomic mass is 9.98. The summed E-state index contributed by atoms with van der Waals surface area (Å²) in [6.45, 7) is 0.613. The molecule has 33 heavy (non-hydrogen) atoms. The summed E-state index contributed by atoms with van der Waals surface area (Å²) in [5.41, 5.74) is 1.95. The second kappa shape index (κ2) is 9.44. The van der Waals surface area contributed by atoms with Gasteiger partial charge in [0.2, 0.25) is 0 Å². The minimum absolute atomic E-state index is 0.292. The zero-order valence-corrected chi connectivity index (χ0v) is 17.6. The first-order valence-electron chi connectivity index (χ1n) is 10.0. The van der Waals surface area contributed by atoms with Crippen LogP contribution in [-0.2, 0) is 11.3 Å². The average molecular weight is 447 g/mol. The molecule has 1 N–H and O–H groups in total. The van der Waals surface area contributed by atoms with Gasteiger partial charge in [-0.1, -0.05) is 42.5 Å². The summed E-state index contributed by atoms with van der Waals surface area (Å²) >= 11 is 0. The molecule has 8 heteroatoms. The molecule has 0 aliphatic carbocycles. The van der Waals surface area contributed by atoms with Crippen molar-refractivity contribution in [2.75, 3.05) is 12.4 Å². The maximum atomic E-state index is 14.3. The van der Waals surface area contributed by atoms with Crippen LogP contribution in [0.5, 0.6) is 0 Å². The van der Waals surface area contributed by atoms with Crippen molar-refractivity contribution >= 4 is 17.6 Å². The molecule has 0 spiro atoms. The summed E-state index contributed by atoms with van der Waals surface area (Å²) in [5, 5.41) is 6.61. The Morgan fingerprint density at radius 1 is 0.970 bits per heavy atom. The Balaban J connectivity index is 1.60. The number of esters is 1. The predicted molar refractivity (Wildman–Crippen MR) is 119 cm³/mol. The highest BCUT2D eigenvalue weighted by Gasteiger charge is 2.19. The summed E-state index contributed by atoms with van der Waals surface area (Å²) in [5.74, 6) is -3.66. The van der Waals surface area contributed by atoms with Crippen LogP contribution in [0.1, 0.15) is 26.3 Å². The Kier molecular flexibility index (Phi) is 6.26. The van der Waals surface area contributed by atoms with E-state index in [9.17, 15) is 18.4 Å². The van der Waals surface area contributed by atoms with Crippen molar-refractivity contribution in [3.8, 4) is 11.1 Å². The minimum Gasteiger partial charge on any atom is -0.465 e. The second-order valence-electron chi connectivity index (χ2n) is 7.20. The molecular weight excluding hydrogens is 428 g/mol. The zero-order chi connectivity index (χ0) is 23.4. The first kappa shape index (κ1) is 21.9. The van der Waals surface area contributed by atoms with Crippen molar-refractivity contribution in [2.45, 2.75) is 6.54 Å². The van der Waals surface area contributed by atoms with E-state index in [0.29, 0.717) is 23.7 Å². The predicted octanol–water partition coefficient (Wildman–Crippen LogP) is 4.92. The smallest absolute Gasteiger partial charge is 0.340 e. The maximum absolute atomic E-state index is 14.3. The molecule has 0 aliphatic rings. The van der Waals surface area contributed by atoms with Gasteiger partial charge in [-0.05, 0) is 34.9 Å². The fourth-order valence-corrected chi connectivity index (χ4v) is 3.40. The van der Waals surface area contributed by atoms with Crippen LogP contribution in [0.25, 0.3) is 11.1 Å². The van der Waals surface area contributed by atoms with Gasteiger partial charge in [-0.2, -0.15) is 5.10 Å². The number of hydrogen-bond donors (Lipinski definition) is 1. The summed E-state index contributed by atoms with van der Waals surface area (Å²) in [6, 6.07) is 17.8. The third-order valence-corrected chi connectivity index (χ3v) is 5.05. The van der Waals surface area contributed by atoms with Crippen molar-refractivity contribution in [1.29, 1.82) is 0 Å². The van der Waals surface area contributed by atoms with Crippen LogP contribution in [0, 0.1) is 11.6 Å². The molecule has 0 atom stereocenters. The van der Waals surface area contributed by atoms with Crippen molar-refractivity contribution in [2.24, 2.45) is 0 Å². The third kappa shape index (κ3) is 4.79. The van der Waals surface area contributed by atoms with Gasteiger partial charge in [0.15, 0.2) is 0 Å². The molecule has 166 valence electrons. The molecule has 1 heterocycles. The van der Waals surface area contributed by atoms with Crippen LogP contribution in [0.4, 0.5) is 14.5 Å². The zero-order valence-electron chi connectivity index (χ0n) is 17.6. The number of anilines is 1. The van der Waals surface area contributed by atoms with Crippen molar-refractivity contribution < 1.29 is 23.1 Å². The Bertz CT molecular complexity index is 1300. The molecule has 1 aromatic heterocycles. The lowest BCUT2D eigenvalue weighted by molar-refractivity contribution is 0.0595. The van der Waals surface area contributed by atoms with Crippen molar-refractivity contribution in [3.63, 3.8) is 0 Å². The van der Waals surface area contributed by atoms with Crippen LogP contribution >= 0.6 is 0 Å². The second-order valence-corrected chi connectivity index (χ2v) is 7.20. The van der Waals surface area contributed by atoms with Gasteiger partial charge < -0.3 is 10.1 Å². The highest BCUT2D eigenvalue weighted by molar-refractivity contribution is 6.09. The highest BCUT2D eigenvalue weighted by atomic mass is 19.1. The standard InChI is InChI=1S/C25H19F2N3O3/c1-33-25(32)20-13-23(22(27)14-21(20)26)29-24(31)19-6-3-2-5-18(19)17-9-7-16(8-10-17)15-30-12-4-11-28-30/h2-14H,15H2,1H3,(H,29,31). The van der Waals surface area contributed by atoms with E-state index in [-0.39, 0.29) is 5.69 Å². The van der Waals surface area contributed by atoms with E-state index in [0.717, 1.165) is 24.3 Å². The number of aromatic nitrogens is 2. The Morgan fingerprint density at radius 3 is 2.42 bits per heavy atom. The van der Waals surface area contributed by atoms with E-state index < -0.39 is 29.1 Å². The molecule has 1 amide bonds. The number of carbonyl (C=O) groups excluding carboxylic acids is 2. The number of carbonyl (C=O) groups is 2. The van der Waals surface area contributed by atoms with Crippen molar-refractivity contribution in [3.05, 3.63) is 107 Å². The molecule has 4 aromatic rings. The maximum Gasteiger partial charge on any atom is 0.340 e. The first-order chi connectivity index (χ1) is 16.0. The molecule has 0 fully saturated rings. The van der Waals surface area contributed by atoms with Gasteiger partial charge in [0.25, 0.3) is 5.91 Å². The van der Waals surface area contributed by atoms with E-state index in [4.69, 9.17) is 0 Å². The van der Waals surface area contributed by atoms with Crippen LogP contribution < -0.4 is 5.32 Å². The third-order valence-electron chi connectivity index (χ3n) is 5.05. The number of benzene rings is 3. The fraction of sp³-hybridized carbons (Fsp3) is 0.0800. The Hall–Kier alpha value is -4.33. The van der Waals surface area contributed by atoms with Gasteiger partial charge in [0.1, 0.15) is 11.6 Å². The summed E-state index contributed by atoms with van der Waals surface area (Å²) in [7, 11) is 1.08. The summed E-state index contributed by atoms with van der Waals surface area (Å²) < 4.78 is 34.5. The van der Waals surface area contributed by atoms with E-state index in [2.05, 4.69) is 15.2 Å². The molecule has 0 unspecified atom stereocenters. The van der Waals surface area contributed by atoms with Gasteiger partial charge in [0.05, 0.1) is 24.9 Å². The molecule has 0 radical (unpaired) electrons. The minimum atomic E-state index is -1.08. The highest BCUT2D eigenvalue weighted by Crippen LogP contribution is 2.26. The number of amides is 1. The van der Waals surface area contributed by atoms with Crippen LogP contribution in [0.2, 0.25) is 0 Å². The summed E-state index contributed by atoms with van der Waals surface area (Å²) in [6.07, 6.45) is 3.58. The number of nitrogens with zero attached hydrogens (tertiary/aromatic N) is 2. The van der Waals surface area contributed by atoms with Crippen LogP contribution in [0.3, 0.4) is 0 Å². The Labute approximate surface area is 188 Å². The van der Waals surface area contributed by atoms with Crippen LogP contribution in [0.15, 0.2) is 79.1 Å². The topological polar surface area (TPSA) is 73.2 Å². The number of hydrogen-bond acceptors (Lipinski definition) is 4. The van der Waals surface area contributed by atoms with Crippen LogP contribution in [-0.4, -0.2) is 28.8 Å². The molecule has 4 rings (SSSR count). The van der Waals surface area contributed by atoms with E-state index in [1.165, 1.54) is 0 Å². The Morgan fingerprint density at radius 2 is 1.73 bits per heavy atom. The van der Waals surface area contributed by atoms with Gasteiger partial charge in [0, 0.05) is 24.0 Å². The lowest BCUT2D eigenvalue weighted by Crippen LogP contribution is -2.15. The monoisotopic (exact) mass is 447 g/mol. The van der Waals surface area contributed by atoms with Gasteiger partial charge in [-0.25, -0.2) is 13.6 Å². The first-order valence-corrected chi connectivity index (χ1v) is 10.0. The number of methoxy groups -OCH3 is 1. The fourth-order valence-electron chi connectivity index (χ4n) is 3.40. The number of ether oxygens (including phenoxy) is 1. The van der Waals surface area contributed by atoms with E-state index in [1.807, 2.05) is 36.5 Å². The molecule has 6 nitrogen and oxygen atoms in total. The number of rotatable bonds is 6. The van der Waals surface area contributed by atoms with E-state index >= 15 is 0 Å². The number of halogens is 2. The molecule has 0 bridgehead atoms. The molecule has 3 aromatic carbocycles. The molecule has 0 saturated heterocycles. The molecular formula is C25H19F2N3O3. The SMILES string of the molecule is COC(=O)c1cc(NC(=O)c2ccccc2-c2ccc(Cn3cccn3)cc2)c(F)cc1F. The molecule has 0 saturated carbocycles. The largest absolute Gasteiger partial charge is 0.465 e. The van der Waals surface area contributed by atoms with Gasteiger partial charge >= 0.3 is 5.97 Å². The van der Waals surface area contributed by atoms with E-state index in [1.54, 1.807) is 35.1 Å². The quantitative estimate of drug-likeness (QED) is 0.426. The average Bonchev–Trinajstić information content (AvgIpc) is 3.34. The van der Waals surface area contributed by atoms with Gasteiger partial charge in [-0.3, -0.25) is 9.48 Å². The summed E-state index contributed by atoms with van der Waals surface area (Å²) in [4.78, 5) is 24.7. The molecule has 0 aliphatic heterocycles.